The maximum absolute atomic E-state index is 12.5. The predicted molar refractivity (Wildman–Crippen MR) is 85.0 cm³/mol. The molecule has 0 aromatic carbocycles. The summed E-state index contributed by atoms with van der Waals surface area (Å²) in [4.78, 5) is 13.8. The minimum absolute atomic E-state index is 0.242. The lowest BCUT2D eigenvalue weighted by molar-refractivity contribution is 0.0607. The molecule has 0 bridgehead atoms. The van der Waals surface area contributed by atoms with Crippen molar-refractivity contribution in [2.24, 2.45) is 0 Å². The quantitative estimate of drug-likeness (QED) is 0.863. The standard InChI is InChI=1S/C13H15NO4S3/c1-7-6-19-12(13(15)18-4)11(7)14-21(16,17)10-5-8(2)20-9(10)3/h5-6,14H,1-4H3. The zero-order valence-corrected chi connectivity index (χ0v) is 14.5. The second-order valence-electron chi connectivity index (χ2n) is 4.50. The number of esters is 1. The highest BCUT2D eigenvalue weighted by Crippen LogP contribution is 2.32. The number of aryl methyl sites for hydroxylation is 3. The molecule has 2 aromatic rings. The predicted octanol–water partition coefficient (Wildman–Crippen LogP) is 3.32. The number of ether oxygens (including phenoxy) is 1. The first-order chi connectivity index (χ1) is 9.76. The second-order valence-corrected chi connectivity index (χ2v) is 8.49. The third-order valence-electron chi connectivity index (χ3n) is 2.87. The van der Waals surface area contributed by atoms with Crippen LogP contribution in [0, 0.1) is 20.8 Å². The highest BCUT2D eigenvalue weighted by molar-refractivity contribution is 7.93. The summed E-state index contributed by atoms with van der Waals surface area (Å²) in [5.41, 5.74) is 0.976. The molecule has 0 spiro atoms. The first-order valence-electron chi connectivity index (χ1n) is 6.02. The molecule has 0 aliphatic rings. The van der Waals surface area contributed by atoms with Gasteiger partial charge in [0.1, 0.15) is 9.77 Å². The van der Waals surface area contributed by atoms with Gasteiger partial charge >= 0.3 is 5.97 Å². The molecule has 114 valence electrons. The number of nitrogens with one attached hydrogen (secondary N) is 1. The van der Waals surface area contributed by atoms with Gasteiger partial charge in [-0.15, -0.1) is 22.7 Å². The fraction of sp³-hybridized carbons (Fsp3) is 0.308. The van der Waals surface area contributed by atoms with E-state index < -0.39 is 16.0 Å². The molecule has 2 aromatic heterocycles. The van der Waals surface area contributed by atoms with E-state index in [1.165, 1.54) is 18.4 Å². The van der Waals surface area contributed by atoms with Gasteiger partial charge in [-0.1, -0.05) is 0 Å². The Labute approximate surface area is 131 Å². The van der Waals surface area contributed by atoms with E-state index in [9.17, 15) is 13.2 Å². The Morgan fingerprint density at radius 3 is 2.48 bits per heavy atom. The normalized spacial score (nSPS) is 11.4. The topological polar surface area (TPSA) is 72.5 Å². The summed E-state index contributed by atoms with van der Waals surface area (Å²) in [6.07, 6.45) is 0. The lowest BCUT2D eigenvalue weighted by Gasteiger charge is -2.09. The molecule has 0 unspecified atom stereocenters. The van der Waals surface area contributed by atoms with Gasteiger partial charge in [-0.05, 0) is 37.8 Å². The van der Waals surface area contributed by atoms with Crippen molar-refractivity contribution in [2.45, 2.75) is 25.7 Å². The Morgan fingerprint density at radius 1 is 1.29 bits per heavy atom. The van der Waals surface area contributed by atoms with Crippen LogP contribution >= 0.6 is 22.7 Å². The van der Waals surface area contributed by atoms with Crippen molar-refractivity contribution >= 4 is 44.4 Å². The summed E-state index contributed by atoms with van der Waals surface area (Å²) in [5, 5.41) is 1.72. The average molecular weight is 345 g/mol. The molecule has 0 saturated carbocycles. The molecule has 2 heterocycles. The first kappa shape index (κ1) is 16.0. The maximum Gasteiger partial charge on any atom is 0.350 e. The lowest BCUT2D eigenvalue weighted by Crippen LogP contribution is -2.15. The van der Waals surface area contributed by atoms with E-state index in [-0.39, 0.29) is 15.5 Å². The molecule has 0 aliphatic heterocycles. The van der Waals surface area contributed by atoms with E-state index in [4.69, 9.17) is 0 Å². The first-order valence-corrected chi connectivity index (χ1v) is 9.20. The number of methoxy groups -OCH3 is 1. The number of hydrogen-bond donors (Lipinski definition) is 1. The van der Waals surface area contributed by atoms with Crippen molar-refractivity contribution in [1.29, 1.82) is 0 Å². The van der Waals surface area contributed by atoms with Crippen LogP contribution in [0.2, 0.25) is 0 Å². The summed E-state index contributed by atoms with van der Waals surface area (Å²) in [7, 11) is -2.45. The Morgan fingerprint density at radius 2 is 1.95 bits per heavy atom. The largest absolute Gasteiger partial charge is 0.465 e. The van der Waals surface area contributed by atoms with E-state index in [1.54, 1.807) is 25.3 Å². The molecule has 0 amide bonds. The molecule has 0 fully saturated rings. The van der Waals surface area contributed by atoms with E-state index in [2.05, 4.69) is 9.46 Å². The van der Waals surface area contributed by atoms with Crippen LogP contribution in [-0.2, 0) is 14.8 Å². The fourth-order valence-corrected chi connectivity index (χ4v) is 5.56. The van der Waals surface area contributed by atoms with Gasteiger partial charge in [0.15, 0.2) is 0 Å². The van der Waals surface area contributed by atoms with Gasteiger partial charge in [-0.3, -0.25) is 4.72 Å². The van der Waals surface area contributed by atoms with Crippen molar-refractivity contribution in [3.63, 3.8) is 0 Å². The third kappa shape index (κ3) is 3.12. The molecular formula is C13H15NO4S3. The second kappa shape index (κ2) is 5.78. The summed E-state index contributed by atoms with van der Waals surface area (Å²) in [6, 6.07) is 1.63. The van der Waals surface area contributed by atoms with Crippen molar-refractivity contribution in [3.8, 4) is 0 Å². The fourth-order valence-electron chi connectivity index (χ4n) is 1.88. The highest BCUT2D eigenvalue weighted by atomic mass is 32.2. The van der Waals surface area contributed by atoms with Crippen LogP contribution in [0.15, 0.2) is 16.3 Å². The van der Waals surface area contributed by atoms with Crippen LogP contribution in [-0.4, -0.2) is 21.5 Å². The van der Waals surface area contributed by atoms with Crippen molar-refractivity contribution in [1.82, 2.24) is 0 Å². The molecule has 8 heteroatoms. The number of hydrogen-bond acceptors (Lipinski definition) is 6. The van der Waals surface area contributed by atoms with Gasteiger partial charge < -0.3 is 4.74 Å². The van der Waals surface area contributed by atoms with Crippen LogP contribution in [0.4, 0.5) is 5.69 Å². The molecule has 21 heavy (non-hydrogen) atoms. The lowest BCUT2D eigenvalue weighted by atomic mass is 10.3. The molecule has 0 saturated heterocycles. The average Bonchev–Trinajstić information content (AvgIpc) is 2.92. The van der Waals surface area contributed by atoms with Crippen LogP contribution in [0.3, 0.4) is 0 Å². The van der Waals surface area contributed by atoms with Crippen LogP contribution in [0.1, 0.15) is 25.0 Å². The SMILES string of the molecule is COC(=O)c1scc(C)c1NS(=O)(=O)c1cc(C)sc1C. The number of sulfonamides is 1. The van der Waals surface area contributed by atoms with E-state index >= 15 is 0 Å². The minimum atomic E-state index is -3.72. The van der Waals surface area contributed by atoms with Crippen molar-refractivity contribution in [2.75, 3.05) is 11.8 Å². The maximum atomic E-state index is 12.5. The molecule has 2 rings (SSSR count). The molecule has 0 aliphatic carbocycles. The summed E-state index contributed by atoms with van der Waals surface area (Å²) in [5.74, 6) is -0.552. The highest BCUT2D eigenvalue weighted by Gasteiger charge is 2.24. The number of thiophene rings is 2. The minimum Gasteiger partial charge on any atom is -0.465 e. The van der Waals surface area contributed by atoms with Crippen LogP contribution in [0.25, 0.3) is 0 Å². The Hall–Kier alpha value is -1.38. The number of anilines is 1. The summed E-state index contributed by atoms with van der Waals surface area (Å²) in [6.45, 7) is 5.35. The smallest absolute Gasteiger partial charge is 0.350 e. The van der Waals surface area contributed by atoms with Gasteiger partial charge in [0.25, 0.3) is 10.0 Å². The number of carbonyl (C=O) groups is 1. The Bertz CT molecular complexity index is 786. The van der Waals surface area contributed by atoms with Gasteiger partial charge in [-0.2, -0.15) is 0 Å². The molecule has 0 radical (unpaired) electrons. The Balaban J connectivity index is 2.44. The number of carbonyl (C=O) groups excluding carboxylic acids is 1. The monoisotopic (exact) mass is 345 g/mol. The summed E-state index contributed by atoms with van der Waals surface area (Å²) < 4.78 is 32.2. The van der Waals surface area contributed by atoms with Crippen LogP contribution < -0.4 is 4.72 Å². The molecular weight excluding hydrogens is 330 g/mol. The molecule has 0 atom stereocenters. The zero-order chi connectivity index (χ0) is 15.8. The van der Waals surface area contributed by atoms with Gasteiger partial charge in [0.2, 0.25) is 0 Å². The third-order valence-corrected chi connectivity index (χ3v) is 6.52. The van der Waals surface area contributed by atoms with Crippen molar-refractivity contribution < 1.29 is 17.9 Å². The number of rotatable bonds is 4. The molecule has 1 N–H and O–H groups in total. The summed E-state index contributed by atoms with van der Waals surface area (Å²) >= 11 is 2.57. The van der Waals surface area contributed by atoms with Crippen LogP contribution in [0.5, 0.6) is 0 Å². The van der Waals surface area contributed by atoms with E-state index in [1.807, 2.05) is 6.92 Å². The molecule has 5 nitrogen and oxygen atoms in total. The van der Waals surface area contributed by atoms with E-state index in [0.717, 1.165) is 16.2 Å². The van der Waals surface area contributed by atoms with Gasteiger partial charge in [-0.25, -0.2) is 13.2 Å². The van der Waals surface area contributed by atoms with Gasteiger partial charge in [0.05, 0.1) is 12.8 Å². The van der Waals surface area contributed by atoms with E-state index in [0.29, 0.717) is 10.4 Å². The Kier molecular flexibility index (Phi) is 4.40. The zero-order valence-electron chi connectivity index (χ0n) is 12.0. The van der Waals surface area contributed by atoms with Gasteiger partial charge in [0, 0.05) is 9.75 Å². The van der Waals surface area contributed by atoms with Crippen molar-refractivity contribution in [3.05, 3.63) is 31.6 Å².